The van der Waals surface area contributed by atoms with Crippen molar-refractivity contribution in [3.63, 3.8) is 0 Å². The molecule has 0 aliphatic carbocycles. The Morgan fingerprint density at radius 3 is 0.731 bits per heavy atom. The highest BCUT2D eigenvalue weighted by Gasteiger charge is 2.30. The lowest BCUT2D eigenvalue weighted by atomic mass is 10.0. The predicted octanol–water partition coefficient (Wildman–Crippen LogP) is 21.7. The number of ether oxygens (including phenoxy) is 4. The van der Waals surface area contributed by atoms with Crippen LogP contribution in [0.5, 0.6) is 0 Å². The lowest BCUT2D eigenvalue weighted by Crippen LogP contribution is -2.30. The average molecular weight is 1370 g/mol. The molecule has 0 aromatic carbocycles. The second-order valence-electron chi connectivity index (χ2n) is 27.2. The molecule has 17 nitrogen and oxygen atoms in total. The summed E-state index contributed by atoms with van der Waals surface area (Å²) in [6, 6.07) is 0. The van der Waals surface area contributed by atoms with Gasteiger partial charge < -0.3 is 33.8 Å². The summed E-state index contributed by atoms with van der Waals surface area (Å²) in [5.74, 6) is -1.39. The standard InChI is InChI=1S/C74H144O17P2/c1-6-9-12-15-18-21-24-27-28-29-30-31-32-35-38-45-50-55-60-74(79)90-69(63-84-71(76)57-52-47-42-36-33-25-22-19-16-13-10-7-2)65-88-92(80,81)86-61-68(75)62-87-93(82,83)89-66-70(64-85-72(77)58-53-48-43-40-39-41-46-51-56-67(4)5)91-73(78)59-54-49-44-37-34-26-23-20-17-14-11-8-3/h67-70,75H,6-66H2,1-5H3,(H,80,81)(H,82,83)/t68-,69-,70-/m1/s1. The minimum atomic E-state index is -4.95. The van der Waals surface area contributed by atoms with Gasteiger partial charge in [0.25, 0.3) is 0 Å². The van der Waals surface area contributed by atoms with Crippen molar-refractivity contribution in [2.75, 3.05) is 39.6 Å². The van der Waals surface area contributed by atoms with Crippen molar-refractivity contribution in [2.45, 2.75) is 406 Å². The first-order valence-electron chi connectivity index (χ1n) is 38.6. The van der Waals surface area contributed by atoms with E-state index < -0.39 is 97.5 Å². The van der Waals surface area contributed by atoms with Gasteiger partial charge in [0.15, 0.2) is 12.2 Å². The van der Waals surface area contributed by atoms with E-state index in [1.54, 1.807) is 0 Å². The predicted molar refractivity (Wildman–Crippen MR) is 377 cm³/mol. The van der Waals surface area contributed by atoms with E-state index in [1.807, 2.05) is 0 Å². The maximum atomic E-state index is 13.1. The molecule has 552 valence electrons. The van der Waals surface area contributed by atoms with Gasteiger partial charge in [0.1, 0.15) is 19.3 Å². The number of unbranched alkanes of at least 4 members (excludes halogenated alkanes) is 46. The number of hydrogen-bond donors (Lipinski definition) is 3. The van der Waals surface area contributed by atoms with Gasteiger partial charge in [-0.15, -0.1) is 0 Å². The Balaban J connectivity index is 5.23. The van der Waals surface area contributed by atoms with Crippen LogP contribution in [0, 0.1) is 5.92 Å². The number of esters is 4. The molecule has 0 spiro atoms. The van der Waals surface area contributed by atoms with Crippen LogP contribution in [0.1, 0.15) is 388 Å². The van der Waals surface area contributed by atoms with Crippen LogP contribution in [0.4, 0.5) is 0 Å². The molecule has 0 radical (unpaired) electrons. The number of carbonyl (C=O) groups is 4. The highest BCUT2D eigenvalue weighted by Crippen LogP contribution is 2.45. The number of phosphoric acid groups is 2. The van der Waals surface area contributed by atoms with E-state index in [2.05, 4.69) is 34.6 Å². The summed E-state index contributed by atoms with van der Waals surface area (Å²) in [5.41, 5.74) is 0. The molecule has 0 amide bonds. The van der Waals surface area contributed by atoms with Gasteiger partial charge in [-0.05, 0) is 31.6 Å². The van der Waals surface area contributed by atoms with Crippen LogP contribution >= 0.6 is 15.6 Å². The molecule has 3 N–H and O–H groups in total. The fraction of sp³-hybridized carbons (Fsp3) is 0.946. The molecule has 0 aromatic heterocycles. The van der Waals surface area contributed by atoms with Crippen LogP contribution in [0.3, 0.4) is 0 Å². The molecule has 0 aromatic rings. The molecule has 0 saturated carbocycles. The van der Waals surface area contributed by atoms with Crippen molar-refractivity contribution < 1.29 is 80.2 Å². The number of phosphoric ester groups is 2. The first-order chi connectivity index (χ1) is 45.0. The van der Waals surface area contributed by atoms with E-state index in [0.29, 0.717) is 25.7 Å². The fourth-order valence-electron chi connectivity index (χ4n) is 11.4. The van der Waals surface area contributed by atoms with Gasteiger partial charge in [-0.3, -0.25) is 37.3 Å². The lowest BCUT2D eigenvalue weighted by molar-refractivity contribution is -0.161. The Morgan fingerprint density at radius 2 is 0.495 bits per heavy atom. The highest BCUT2D eigenvalue weighted by molar-refractivity contribution is 7.47. The molecule has 0 aliphatic heterocycles. The topological polar surface area (TPSA) is 237 Å². The van der Waals surface area contributed by atoms with Gasteiger partial charge in [-0.2, -0.15) is 0 Å². The summed E-state index contributed by atoms with van der Waals surface area (Å²) in [5, 5.41) is 10.6. The first-order valence-corrected chi connectivity index (χ1v) is 41.6. The van der Waals surface area contributed by atoms with Crippen LogP contribution in [-0.2, 0) is 65.4 Å². The van der Waals surface area contributed by atoms with E-state index >= 15 is 0 Å². The summed E-state index contributed by atoms with van der Waals surface area (Å²) >= 11 is 0. The number of rotatable bonds is 74. The smallest absolute Gasteiger partial charge is 0.462 e. The van der Waals surface area contributed by atoms with Gasteiger partial charge >= 0.3 is 39.5 Å². The van der Waals surface area contributed by atoms with Gasteiger partial charge in [-0.1, -0.05) is 336 Å². The van der Waals surface area contributed by atoms with Crippen molar-refractivity contribution in [3.8, 4) is 0 Å². The minimum absolute atomic E-state index is 0.107. The van der Waals surface area contributed by atoms with Crippen LogP contribution in [0.15, 0.2) is 0 Å². The van der Waals surface area contributed by atoms with Crippen molar-refractivity contribution in [1.29, 1.82) is 0 Å². The monoisotopic (exact) mass is 1370 g/mol. The molecule has 0 rings (SSSR count). The number of hydrogen-bond acceptors (Lipinski definition) is 15. The molecule has 0 aliphatic rings. The molecular formula is C74H144O17P2. The maximum absolute atomic E-state index is 13.1. The normalized spacial score (nSPS) is 14.0. The summed E-state index contributed by atoms with van der Waals surface area (Å²) in [7, 11) is -9.90. The van der Waals surface area contributed by atoms with Crippen LogP contribution in [0.2, 0.25) is 0 Å². The lowest BCUT2D eigenvalue weighted by Gasteiger charge is -2.21. The summed E-state index contributed by atoms with van der Waals surface area (Å²) < 4.78 is 68.4. The van der Waals surface area contributed by atoms with Crippen molar-refractivity contribution in [3.05, 3.63) is 0 Å². The van der Waals surface area contributed by atoms with E-state index in [1.165, 1.54) is 212 Å². The van der Waals surface area contributed by atoms with E-state index in [-0.39, 0.29) is 25.7 Å². The molecule has 0 fully saturated rings. The maximum Gasteiger partial charge on any atom is 0.472 e. The molecule has 2 unspecified atom stereocenters. The van der Waals surface area contributed by atoms with Gasteiger partial charge in [-0.25, -0.2) is 9.13 Å². The molecule has 0 bridgehead atoms. The Labute approximate surface area is 568 Å². The van der Waals surface area contributed by atoms with Crippen molar-refractivity contribution in [1.82, 2.24) is 0 Å². The molecule has 5 atom stereocenters. The Bertz CT molecular complexity index is 1790. The minimum Gasteiger partial charge on any atom is -0.462 e. The number of aliphatic hydroxyl groups excluding tert-OH is 1. The van der Waals surface area contributed by atoms with E-state index in [0.717, 1.165) is 95.8 Å². The third-order valence-electron chi connectivity index (χ3n) is 17.3. The van der Waals surface area contributed by atoms with Gasteiger partial charge in [0.05, 0.1) is 26.4 Å². The van der Waals surface area contributed by atoms with E-state index in [9.17, 15) is 43.2 Å². The van der Waals surface area contributed by atoms with Crippen LogP contribution in [-0.4, -0.2) is 96.7 Å². The van der Waals surface area contributed by atoms with Crippen LogP contribution in [0.25, 0.3) is 0 Å². The Kier molecular flexibility index (Phi) is 65.9. The second kappa shape index (κ2) is 67.3. The third kappa shape index (κ3) is 68.4. The van der Waals surface area contributed by atoms with Gasteiger partial charge in [0, 0.05) is 25.7 Å². The number of carbonyl (C=O) groups excluding carboxylic acids is 4. The zero-order valence-electron chi connectivity index (χ0n) is 60.4. The molecule has 93 heavy (non-hydrogen) atoms. The zero-order valence-corrected chi connectivity index (χ0v) is 62.2. The second-order valence-corrected chi connectivity index (χ2v) is 30.1. The summed E-state index contributed by atoms with van der Waals surface area (Å²) in [4.78, 5) is 72.7. The van der Waals surface area contributed by atoms with Crippen molar-refractivity contribution >= 4 is 39.5 Å². The fourth-order valence-corrected chi connectivity index (χ4v) is 12.9. The van der Waals surface area contributed by atoms with Crippen molar-refractivity contribution in [2.24, 2.45) is 5.92 Å². The molecule has 0 saturated heterocycles. The SMILES string of the molecule is CCCCCCCCCCCCCCCCCCCCC(=O)O[C@H](COC(=O)CCCCCCCCCCCCCC)COP(=O)(O)OC[C@@H](O)COP(=O)(O)OC[C@@H](COC(=O)CCCCCCCCCCC(C)C)OC(=O)CCCCCCCCCCCCCC. The largest absolute Gasteiger partial charge is 0.472 e. The molecule has 19 heteroatoms. The van der Waals surface area contributed by atoms with Crippen LogP contribution < -0.4 is 0 Å². The third-order valence-corrected chi connectivity index (χ3v) is 19.2. The zero-order chi connectivity index (χ0) is 68.4. The molecular weight excluding hydrogens is 1220 g/mol. The Morgan fingerprint density at radius 1 is 0.290 bits per heavy atom. The number of aliphatic hydroxyl groups is 1. The molecule has 0 heterocycles. The highest BCUT2D eigenvalue weighted by atomic mass is 31.2. The summed E-state index contributed by atoms with van der Waals surface area (Å²) in [6.45, 7) is 7.25. The Hall–Kier alpha value is -1.94. The first kappa shape index (κ1) is 91.1. The average Bonchev–Trinajstić information content (AvgIpc) is 3.69. The summed E-state index contributed by atoms with van der Waals surface area (Å²) in [6.07, 6.45) is 55.4. The van der Waals surface area contributed by atoms with Gasteiger partial charge in [0.2, 0.25) is 0 Å². The van der Waals surface area contributed by atoms with E-state index in [4.69, 9.17) is 37.0 Å². The quantitative estimate of drug-likeness (QED) is 0.0222.